The lowest BCUT2D eigenvalue weighted by atomic mass is 9.90. The van der Waals surface area contributed by atoms with E-state index in [9.17, 15) is 4.79 Å². The van der Waals surface area contributed by atoms with Gasteiger partial charge in [0.15, 0.2) is 5.69 Å². The molecule has 0 spiro atoms. The fraction of sp³-hybridized carbons (Fsp3) is 0.533. The fourth-order valence-corrected chi connectivity index (χ4v) is 3.00. The summed E-state index contributed by atoms with van der Waals surface area (Å²) in [5.74, 6) is 1.27. The lowest BCUT2D eigenvalue weighted by Gasteiger charge is -2.30. The molecule has 1 aliphatic heterocycles. The second kappa shape index (κ2) is 5.82. The highest BCUT2D eigenvalue weighted by Crippen LogP contribution is 2.32. The zero-order valence-electron chi connectivity index (χ0n) is 12.8. The molecule has 3 rings (SSSR count). The molecule has 0 bridgehead atoms. The van der Waals surface area contributed by atoms with Crippen molar-refractivity contribution in [2.75, 3.05) is 18.8 Å². The second-order valence-corrected chi connectivity index (χ2v) is 5.65. The first-order valence-corrected chi connectivity index (χ1v) is 7.56. The topological polar surface area (TPSA) is 98.4 Å². The van der Waals surface area contributed by atoms with E-state index < -0.39 is 0 Å². The second-order valence-electron chi connectivity index (χ2n) is 5.65. The molecule has 0 unspecified atom stereocenters. The first kappa shape index (κ1) is 14.6. The van der Waals surface area contributed by atoms with Crippen LogP contribution in [-0.4, -0.2) is 34.2 Å². The van der Waals surface area contributed by atoms with Gasteiger partial charge >= 0.3 is 0 Å². The molecule has 1 saturated heterocycles. The summed E-state index contributed by atoms with van der Waals surface area (Å²) < 4.78 is 10.1. The van der Waals surface area contributed by atoms with Crippen molar-refractivity contribution in [3.8, 4) is 0 Å². The average molecular weight is 304 g/mol. The van der Waals surface area contributed by atoms with Crippen molar-refractivity contribution >= 4 is 11.8 Å². The summed E-state index contributed by atoms with van der Waals surface area (Å²) >= 11 is 0. The molecule has 2 aromatic heterocycles. The van der Waals surface area contributed by atoms with E-state index >= 15 is 0 Å². The zero-order chi connectivity index (χ0) is 15.7. The number of aryl methyl sites for hydroxylation is 1. The van der Waals surface area contributed by atoms with E-state index in [1.54, 1.807) is 13.0 Å². The van der Waals surface area contributed by atoms with Crippen molar-refractivity contribution in [1.82, 2.24) is 15.2 Å². The molecule has 7 nitrogen and oxygen atoms in total. The van der Waals surface area contributed by atoms with E-state index in [1.165, 1.54) is 0 Å². The number of piperidine rings is 1. The number of likely N-dealkylation sites (tertiary alicyclic amines) is 1. The molecule has 7 heteroatoms. The van der Waals surface area contributed by atoms with Gasteiger partial charge in [-0.3, -0.25) is 4.79 Å². The van der Waals surface area contributed by atoms with E-state index in [2.05, 4.69) is 10.3 Å². The van der Waals surface area contributed by atoms with Gasteiger partial charge in [0.25, 0.3) is 5.91 Å². The number of nitrogen functional groups attached to an aromatic ring is 1. The largest absolute Gasteiger partial charge is 0.367 e. The first-order valence-electron chi connectivity index (χ1n) is 7.56. The summed E-state index contributed by atoms with van der Waals surface area (Å²) in [6.45, 7) is 5.16. The van der Waals surface area contributed by atoms with Gasteiger partial charge in [-0.1, -0.05) is 17.2 Å². The van der Waals surface area contributed by atoms with Crippen molar-refractivity contribution in [2.24, 2.45) is 0 Å². The molecule has 2 aromatic rings. The molecular formula is C15H20N4O3. The standard InChI is InChI=1S/C15H20N4O3/c1-3-11-13(18-22-14(11)16)10-4-6-19(7-5-10)15(20)12-8-9(2)21-17-12/h8,10H,3-7,16H2,1-2H3. The van der Waals surface area contributed by atoms with Crippen LogP contribution in [0.3, 0.4) is 0 Å². The molecular weight excluding hydrogens is 284 g/mol. The Morgan fingerprint density at radius 2 is 2.09 bits per heavy atom. The minimum atomic E-state index is -0.0781. The highest BCUT2D eigenvalue weighted by atomic mass is 16.5. The minimum absolute atomic E-state index is 0.0781. The Bertz CT molecular complexity index is 668. The van der Waals surface area contributed by atoms with Gasteiger partial charge in [0, 0.05) is 30.6 Å². The molecule has 1 amide bonds. The van der Waals surface area contributed by atoms with E-state index in [0.717, 1.165) is 30.5 Å². The quantitative estimate of drug-likeness (QED) is 0.932. The highest BCUT2D eigenvalue weighted by Gasteiger charge is 2.29. The number of hydrogen-bond donors (Lipinski definition) is 1. The summed E-state index contributed by atoms with van der Waals surface area (Å²) in [7, 11) is 0. The third kappa shape index (κ3) is 2.58. The van der Waals surface area contributed by atoms with E-state index in [1.807, 2.05) is 11.8 Å². The number of carbonyl (C=O) groups excluding carboxylic acids is 1. The molecule has 3 heterocycles. The molecule has 0 aliphatic carbocycles. The van der Waals surface area contributed by atoms with Crippen molar-refractivity contribution < 1.29 is 13.8 Å². The van der Waals surface area contributed by atoms with Crippen molar-refractivity contribution in [3.05, 3.63) is 28.8 Å². The van der Waals surface area contributed by atoms with E-state index in [0.29, 0.717) is 36.3 Å². The molecule has 0 atom stereocenters. The van der Waals surface area contributed by atoms with Crippen LogP contribution in [0.2, 0.25) is 0 Å². The fourth-order valence-electron chi connectivity index (χ4n) is 3.00. The van der Waals surface area contributed by atoms with Gasteiger partial charge in [-0.15, -0.1) is 0 Å². The first-order chi connectivity index (χ1) is 10.6. The van der Waals surface area contributed by atoms with E-state index in [-0.39, 0.29) is 5.91 Å². The Labute approximate surface area is 128 Å². The summed E-state index contributed by atoms with van der Waals surface area (Å²) in [6, 6.07) is 1.67. The van der Waals surface area contributed by atoms with Crippen LogP contribution < -0.4 is 5.73 Å². The molecule has 0 saturated carbocycles. The summed E-state index contributed by atoms with van der Waals surface area (Å²) in [4.78, 5) is 14.1. The van der Waals surface area contributed by atoms with Gasteiger partial charge in [0.05, 0.1) is 5.69 Å². The van der Waals surface area contributed by atoms with Gasteiger partial charge in [-0.25, -0.2) is 0 Å². The van der Waals surface area contributed by atoms with Gasteiger partial charge in [-0.2, -0.15) is 0 Å². The number of rotatable bonds is 3. The van der Waals surface area contributed by atoms with Crippen LogP contribution in [0.1, 0.15) is 53.2 Å². The molecule has 1 aliphatic rings. The van der Waals surface area contributed by atoms with Gasteiger partial charge in [0.1, 0.15) is 5.76 Å². The number of carbonyl (C=O) groups is 1. The van der Waals surface area contributed by atoms with Gasteiger partial charge in [-0.05, 0) is 26.2 Å². The van der Waals surface area contributed by atoms with Crippen LogP contribution in [0, 0.1) is 6.92 Å². The van der Waals surface area contributed by atoms with Crippen molar-refractivity contribution in [3.63, 3.8) is 0 Å². The smallest absolute Gasteiger partial charge is 0.276 e. The third-order valence-electron chi connectivity index (χ3n) is 4.22. The van der Waals surface area contributed by atoms with Crippen LogP contribution in [0.4, 0.5) is 5.88 Å². The predicted octanol–water partition coefficient (Wildman–Crippen LogP) is 2.14. The maximum absolute atomic E-state index is 12.3. The minimum Gasteiger partial charge on any atom is -0.367 e. The van der Waals surface area contributed by atoms with E-state index in [4.69, 9.17) is 14.8 Å². The number of nitrogens with zero attached hydrogens (tertiary/aromatic N) is 3. The van der Waals surface area contributed by atoms with Crippen LogP contribution in [0.15, 0.2) is 15.1 Å². The number of nitrogens with two attached hydrogens (primary N) is 1. The van der Waals surface area contributed by atoms with Crippen LogP contribution in [-0.2, 0) is 6.42 Å². The lowest BCUT2D eigenvalue weighted by molar-refractivity contribution is 0.0701. The Kier molecular flexibility index (Phi) is 3.87. The highest BCUT2D eigenvalue weighted by molar-refractivity contribution is 5.92. The normalized spacial score (nSPS) is 16.2. The molecule has 2 N–H and O–H groups in total. The maximum Gasteiger partial charge on any atom is 0.276 e. The molecule has 0 radical (unpaired) electrons. The summed E-state index contributed by atoms with van der Waals surface area (Å²) in [5, 5.41) is 7.90. The maximum atomic E-state index is 12.3. The SMILES string of the molecule is CCc1c(C2CCN(C(=O)c3cc(C)on3)CC2)noc1N. The molecule has 0 aromatic carbocycles. The molecule has 22 heavy (non-hydrogen) atoms. The zero-order valence-corrected chi connectivity index (χ0v) is 12.8. The van der Waals surface area contributed by atoms with Gasteiger partial charge in [0.2, 0.25) is 5.88 Å². The Morgan fingerprint density at radius 3 is 2.68 bits per heavy atom. The molecule has 1 fully saturated rings. The van der Waals surface area contributed by atoms with Crippen LogP contribution >= 0.6 is 0 Å². The third-order valence-corrected chi connectivity index (χ3v) is 4.22. The Balaban J connectivity index is 1.66. The summed E-state index contributed by atoms with van der Waals surface area (Å²) in [5.41, 5.74) is 8.12. The lowest BCUT2D eigenvalue weighted by Crippen LogP contribution is -2.38. The Hall–Kier alpha value is -2.31. The summed E-state index contributed by atoms with van der Waals surface area (Å²) in [6.07, 6.45) is 2.51. The average Bonchev–Trinajstić information content (AvgIpc) is 3.12. The number of aromatic nitrogens is 2. The molecule has 118 valence electrons. The number of amides is 1. The predicted molar refractivity (Wildman–Crippen MR) is 79.4 cm³/mol. The van der Waals surface area contributed by atoms with Crippen molar-refractivity contribution in [1.29, 1.82) is 0 Å². The number of hydrogen-bond acceptors (Lipinski definition) is 6. The Morgan fingerprint density at radius 1 is 1.36 bits per heavy atom. The van der Waals surface area contributed by atoms with Crippen LogP contribution in [0.25, 0.3) is 0 Å². The van der Waals surface area contributed by atoms with Crippen LogP contribution in [0.5, 0.6) is 0 Å². The number of anilines is 1. The van der Waals surface area contributed by atoms with Gasteiger partial charge < -0.3 is 19.7 Å². The monoisotopic (exact) mass is 304 g/mol. The van der Waals surface area contributed by atoms with Crippen molar-refractivity contribution in [2.45, 2.75) is 39.0 Å².